The molecule has 3 fully saturated rings. The van der Waals surface area contributed by atoms with E-state index >= 15 is 0 Å². The molecule has 3 aliphatic rings. The van der Waals surface area contributed by atoms with Crippen LogP contribution in [0.4, 0.5) is 24.5 Å². The summed E-state index contributed by atoms with van der Waals surface area (Å²) in [5.41, 5.74) is 9.81. The molecule has 1 spiro atoms. The van der Waals surface area contributed by atoms with Crippen LogP contribution in [0.15, 0.2) is 66.9 Å². The maximum absolute atomic E-state index is 13.1. The second-order valence-corrected chi connectivity index (χ2v) is 11.9. The zero-order valence-corrected chi connectivity index (χ0v) is 23.3. The molecule has 1 atom stereocenters. The van der Waals surface area contributed by atoms with Gasteiger partial charge in [0.25, 0.3) is 0 Å². The van der Waals surface area contributed by atoms with E-state index < -0.39 is 17.8 Å². The largest absolute Gasteiger partial charge is 0.433 e. The number of rotatable bonds is 5. The first-order chi connectivity index (χ1) is 19.6. The molecule has 6 rings (SSSR count). The molecule has 1 aliphatic carbocycles. The number of primary amides is 1. The minimum atomic E-state index is -4.44. The van der Waals surface area contributed by atoms with E-state index in [1.807, 2.05) is 12.1 Å². The summed E-state index contributed by atoms with van der Waals surface area (Å²) in [4.78, 5) is 22.4. The zero-order chi connectivity index (χ0) is 28.8. The Kier molecular flexibility index (Phi) is 7.18. The molecular weight excluding hydrogens is 527 g/mol. The maximum Gasteiger partial charge on any atom is 0.433 e. The van der Waals surface area contributed by atoms with Crippen LogP contribution < -0.4 is 15.5 Å². The average molecular weight is 564 g/mol. The smallest absolute Gasteiger partial charge is 0.371 e. The quantitative estimate of drug-likeness (QED) is 0.424. The topological polar surface area (TPSA) is 65.7 Å². The van der Waals surface area contributed by atoms with Crippen molar-refractivity contribution in [2.45, 2.75) is 50.9 Å². The SMILES string of the molecule is Cc1ccccc1[C@@H]1CN(c2ccc(C(F)(F)F)nc2)CCN1C1CC2(CCN(c3ccc(C(N)=O)cc3)CC2)C1. The van der Waals surface area contributed by atoms with Crippen molar-refractivity contribution in [3.63, 3.8) is 0 Å². The van der Waals surface area contributed by atoms with Crippen LogP contribution in [-0.2, 0) is 6.18 Å². The molecule has 2 N–H and O–H groups in total. The molecule has 2 aliphatic heterocycles. The molecule has 216 valence electrons. The zero-order valence-electron chi connectivity index (χ0n) is 23.3. The Morgan fingerprint density at radius 1 is 0.902 bits per heavy atom. The van der Waals surface area contributed by atoms with Gasteiger partial charge in [-0.15, -0.1) is 0 Å². The van der Waals surface area contributed by atoms with Crippen LogP contribution in [0.3, 0.4) is 0 Å². The summed E-state index contributed by atoms with van der Waals surface area (Å²) in [5, 5.41) is 0. The van der Waals surface area contributed by atoms with Crippen molar-refractivity contribution in [3.05, 3.63) is 89.2 Å². The molecular formula is C32H36F3N5O. The number of piperidine rings is 1. The summed E-state index contributed by atoms with van der Waals surface area (Å²) in [7, 11) is 0. The van der Waals surface area contributed by atoms with Gasteiger partial charge < -0.3 is 15.5 Å². The fraction of sp³-hybridized carbons (Fsp3) is 0.438. The Morgan fingerprint density at radius 2 is 1.59 bits per heavy atom. The molecule has 1 saturated carbocycles. The third-order valence-corrected chi connectivity index (χ3v) is 9.52. The van der Waals surface area contributed by atoms with Crippen molar-refractivity contribution in [1.82, 2.24) is 9.88 Å². The number of hydrogen-bond donors (Lipinski definition) is 1. The number of carbonyl (C=O) groups is 1. The van der Waals surface area contributed by atoms with E-state index in [1.54, 1.807) is 18.2 Å². The molecule has 0 bridgehead atoms. The highest BCUT2D eigenvalue weighted by atomic mass is 19.4. The van der Waals surface area contributed by atoms with E-state index in [1.165, 1.54) is 30.2 Å². The predicted octanol–water partition coefficient (Wildman–Crippen LogP) is 5.82. The van der Waals surface area contributed by atoms with Crippen LogP contribution in [0.2, 0.25) is 0 Å². The minimum absolute atomic E-state index is 0.165. The molecule has 41 heavy (non-hydrogen) atoms. The molecule has 9 heteroatoms. The minimum Gasteiger partial charge on any atom is -0.371 e. The van der Waals surface area contributed by atoms with Gasteiger partial charge in [0.15, 0.2) is 0 Å². The Balaban J connectivity index is 1.13. The van der Waals surface area contributed by atoms with Crippen LogP contribution in [0.1, 0.15) is 58.9 Å². The number of pyridine rings is 1. The van der Waals surface area contributed by atoms with Gasteiger partial charge in [-0.05, 0) is 85.5 Å². The van der Waals surface area contributed by atoms with Gasteiger partial charge in [-0.1, -0.05) is 24.3 Å². The Bertz CT molecular complexity index is 1380. The van der Waals surface area contributed by atoms with Gasteiger partial charge in [-0.2, -0.15) is 13.2 Å². The molecule has 2 saturated heterocycles. The Morgan fingerprint density at radius 3 is 2.20 bits per heavy atom. The summed E-state index contributed by atoms with van der Waals surface area (Å²) >= 11 is 0. The van der Waals surface area contributed by atoms with Gasteiger partial charge in [0, 0.05) is 50.0 Å². The second kappa shape index (κ2) is 10.7. The van der Waals surface area contributed by atoms with E-state index in [0.717, 1.165) is 63.0 Å². The summed E-state index contributed by atoms with van der Waals surface area (Å²) < 4.78 is 39.2. The van der Waals surface area contributed by atoms with Crippen molar-refractivity contribution in [2.75, 3.05) is 42.5 Å². The van der Waals surface area contributed by atoms with E-state index in [0.29, 0.717) is 17.0 Å². The number of aromatic nitrogens is 1. The molecule has 3 aromatic rings. The molecule has 0 radical (unpaired) electrons. The number of amides is 1. The Hall–Kier alpha value is -3.59. The van der Waals surface area contributed by atoms with E-state index in [4.69, 9.17) is 5.73 Å². The van der Waals surface area contributed by atoms with Gasteiger partial charge in [-0.3, -0.25) is 9.69 Å². The monoisotopic (exact) mass is 563 g/mol. The van der Waals surface area contributed by atoms with Crippen molar-refractivity contribution in [3.8, 4) is 0 Å². The van der Waals surface area contributed by atoms with Crippen molar-refractivity contribution >= 4 is 17.3 Å². The summed E-state index contributed by atoms with van der Waals surface area (Å²) in [6.45, 7) is 6.47. The lowest BCUT2D eigenvalue weighted by Crippen LogP contribution is -2.60. The molecule has 0 unspecified atom stereocenters. The number of aryl methyl sites for hydroxylation is 1. The fourth-order valence-corrected chi connectivity index (χ4v) is 7.11. The molecule has 2 aromatic carbocycles. The first kappa shape index (κ1) is 27.6. The van der Waals surface area contributed by atoms with Crippen LogP contribution in [0, 0.1) is 12.3 Å². The van der Waals surface area contributed by atoms with Gasteiger partial charge in [-0.25, -0.2) is 4.98 Å². The van der Waals surface area contributed by atoms with Gasteiger partial charge in [0.05, 0.1) is 17.9 Å². The lowest BCUT2D eigenvalue weighted by Gasteiger charge is -2.58. The van der Waals surface area contributed by atoms with Crippen LogP contribution in [-0.4, -0.2) is 54.6 Å². The van der Waals surface area contributed by atoms with E-state index in [-0.39, 0.29) is 6.04 Å². The van der Waals surface area contributed by atoms with Crippen molar-refractivity contribution < 1.29 is 18.0 Å². The van der Waals surface area contributed by atoms with Crippen LogP contribution >= 0.6 is 0 Å². The number of carbonyl (C=O) groups excluding carboxylic acids is 1. The van der Waals surface area contributed by atoms with Gasteiger partial charge in [0.2, 0.25) is 5.91 Å². The molecule has 3 heterocycles. The van der Waals surface area contributed by atoms with E-state index in [2.05, 4.69) is 50.9 Å². The molecule has 1 aromatic heterocycles. The highest BCUT2D eigenvalue weighted by Gasteiger charge is 2.50. The number of hydrogen-bond acceptors (Lipinski definition) is 5. The van der Waals surface area contributed by atoms with Crippen molar-refractivity contribution in [1.29, 1.82) is 0 Å². The number of anilines is 2. The van der Waals surface area contributed by atoms with Gasteiger partial charge in [0.1, 0.15) is 5.69 Å². The average Bonchev–Trinajstić information content (AvgIpc) is 2.96. The summed E-state index contributed by atoms with van der Waals surface area (Å²) in [6.07, 6.45) is 1.56. The number of halogens is 3. The third-order valence-electron chi connectivity index (χ3n) is 9.52. The lowest BCUT2D eigenvalue weighted by molar-refractivity contribution is -0.141. The molecule has 6 nitrogen and oxygen atoms in total. The third kappa shape index (κ3) is 5.52. The van der Waals surface area contributed by atoms with Crippen LogP contribution in [0.5, 0.6) is 0 Å². The van der Waals surface area contributed by atoms with Crippen molar-refractivity contribution in [2.24, 2.45) is 11.1 Å². The predicted molar refractivity (Wildman–Crippen MR) is 154 cm³/mol. The first-order valence-corrected chi connectivity index (χ1v) is 14.4. The second-order valence-electron chi connectivity index (χ2n) is 11.9. The first-order valence-electron chi connectivity index (χ1n) is 14.4. The Labute approximate surface area is 238 Å². The number of piperazine rings is 1. The van der Waals surface area contributed by atoms with E-state index in [9.17, 15) is 18.0 Å². The van der Waals surface area contributed by atoms with Crippen LogP contribution in [0.25, 0.3) is 0 Å². The lowest BCUT2D eigenvalue weighted by atomic mass is 9.59. The highest BCUT2D eigenvalue weighted by molar-refractivity contribution is 5.93. The highest BCUT2D eigenvalue weighted by Crippen LogP contribution is 2.53. The summed E-state index contributed by atoms with van der Waals surface area (Å²) in [6, 6.07) is 19.3. The fourth-order valence-electron chi connectivity index (χ4n) is 7.11. The maximum atomic E-state index is 13.1. The summed E-state index contributed by atoms with van der Waals surface area (Å²) in [5.74, 6) is -0.407. The number of alkyl halides is 3. The standard InChI is InChI=1S/C32H36F3N5O/c1-22-4-2-3-5-27(22)28-21-39(25-10-11-29(37-20-25)32(33,34)35)16-17-40(28)26-18-31(19-26)12-14-38(15-13-31)24-8-6-23(7-9-24)30(36)41/h2-11,20,26,28H,12-19,21H2,1H3,(H2,36,41)/t28-/m0/s1. The number of benzene rings is 2. The van der Waals surface area contributed by atoms with Gasteiger partial charge >= 0.3 is 6.18 Å². The normalized spacial score (nSPS) is 21.6. The number of nitrogens with zero attached hydrogens (tertiary/aromatic N) is 4. The number of nitrogens with two attached hydrogens (primary N) is 1. The molecule has 1 amide bonds.